The number of nitrogens with one attached hydrogen (secondary N) is 2. The van der Waals surface area contributed by atoms with Gasteiger partial charge in [0.25, 0.3) is 0 Å². The predicted octanol–water partition coefficient (Wildman–Crippen LogP) is 2.89. The summed E-state index contributed by atoms with van der Waals surface area (Å²) in [6, 6.07) is 18.7. The van der Waals surface area contributed by atoms with Gasteiger partial charge in [0.05, 0.1) is 11.0 Å². The Bertz CT molecular complexity index is 841. The van der Waals surface area contributed by atoms with Crippen molar-refractivity contribution in [3.63, 3.8) is 0 Å². The van der Waals surface area contributed by atoms with E-state index in [9.17, 15) is 4.79 Å². The molecular weight excluding hydrogens is 324 g/mol. The van der Waals surface area contributed by atoms with Crippen LogP contribution in [0.3, 0.4) is 0 Å². The topological polar surface area (TPSA) is 61.0 Å². The third-order valence-corrected chi connectivity index (χ3v) is 4.91. The van der Waals surface area contributed by atoms with Crippen molar-refractivity contribution in [2.24, 2.45) is 0 Å². The van der Waals surface area contributed by atoms with E-state index in [4.69, 9.17) is 0 Å². The number of aryl methyl sites for hydroxylation is 1. The summed E-state index contributed by atoms with van der Waals surface area (Å²) in [7, 11) is 0. The Morgan fingerprint density at radius 3 is 2.81 bits per heavy atom. The summed E-state index contributed by atoms with van der Waals surface area (Å²) in [5.74, 6) is 0.982. The fourth-order valence-electron chi connectivity index (χ4n) is 3.59. The highest BCUT2D eigenvalue weighted by atomic mass is 16.1. The maximum atomic E-state index is 12.3. The first-order valence-electron chi connectivity index (χ1n) is 9.25. The molecule has 26 heavy (non-hydrogen) atoms. The average molecular weight is 348 g/mol. The molecule has 1 saturated heterocycles. The minimum Gasteiger partial charge on any atom is -0.352 e. The maximum absolute atomic E-state index is 12.3. The lowest BCUT2D eigenvalue weighted by Crippen LogP contribution is -2.37. The first kappa shape index (κ1) is 16.8. The second-order valence-electron chi connectivity index (χ2n) is 6.97. The largest absolute Gasteiger partial charge is 0.352 e. The molecule has 1 aromatic heterocycles. The average Bonchev–Trinajstić information content (AvgIpc) is 3.27. The molecule has 2 aromatic carbocycles. The van der Waals surface area contributed by atoms with Crippen LogP contribution in [0.25, 0.3) is 11.0 Å². The molecule has 5 heteroatoms. The van der Waals surface area contributed by atoms with Gasteiger partial charge in [0.1, 0.15) is 5.82 Å². The number of likely N-dealkylation sites (tertiary alicyclic amines) is 1. The minimum atomic E-state index is 0.108. The zero-order valence-corrected chi connectivity index (χ0v) is 14.8. The molecule has 1 amide bonds. The van der Waals surface area contributed by atoms with Crippen LogP contribution in [0.1, 0.15) is 24.2 Å². The third-order valence-electron chi connectivity index (χ3n) is 4.91. The lowest BCUT2D eigenvalue weighted by Gasteiger charge is -2.16. The van der Waals surface area contributed by atoms with Crippen LogP contribution in [0.4, 0.5) is 0 Å². The number of nitrogens with zero attached hydrogens (tertiary/aromatic N) is 2. The fourth-order valence-corrected chi connectivity index (χ4v) is 3.59. The molecule has 0 radical (unpaired) electrons. The Hall–Kier alpha value is -2.66. The number of carbonyl (C=O) groups excluding carboxylic acids is 1. The van der Waals surface area contributed by atoms with Crippen molar-refractivity contribution >= 4 is 16.9 Å². The van der Waals surface area contributed by atoms with Crippen molar-refractivity contribution in [2.45, 2.75) is 31.8 Å². The van der Waals surface area contributed by atoms with Gasteiger partial charge in [-0.3, -0.25) is 9.69 Å². The molecule has 1 atom stereocenters. The van der Waals surface area contributed by atoms with Crippen LogP contribution in [0.5, 0.6) is 0 Å². The van der Waals surface area contributed by atoms with Crippen LogP contribution in [-0.2, 0) is 17.8 Å². The van der Waals surface area contributed by atoms with Crippen LogP contribution < -0.4 is 5.32 Å². The van der Waals surface area contributed by atoms with Gasteiger partial charge in [-0.1, -0.05) is 42.5 Å². The van der Waals surface area contributed by atoms with Gasteiger partial charge in [0, 0.05) is 38.5 Å². The van der Waals surface area contributed by atoms with Gasteiger partial charge < -0.3 is 10.3 Å². The highest BCUT2D eigenvalue weighted by Gasteiger charge is 2.23. The van der Waals surface area contributed by atoms with Crippen molar-refractivity contribution in [1.82, 2.24) is 20.2 Å². The van der Waals surface area contributed by atoms with Gasteiger partial charge in [0.15, 0.2) is 0 Å². The summed E-state index contributed by atoms with van der Waals surface area (Å²) in [4.78, 5) is 22.5. The molecule has 0 spiro atoms. The Morgan fingerprint density at radius 2 is 1.96 bits per heavy atom. The van der Waals surface area contributed by atoms with Gasteiger partial charge in [-0.15, -0.1) is 0 Å². The number of imidazole rings is 1. The summed E-state index contributed by atoms with van der Waals surface area (Å²) >= 11 is 0. The number of amides is 1. The van der Waals surface area contributed by atoms with Crippen molar-refractivity contribution in [1.29, 1.82) is 0 Å². The number of fused-ring (bicyclic) bond motifs is 1. The lowest BCUT2D eigenvalue weighted by atomic mass is 10.2. The number of H-pyrrole nitrogens is 1. The molecular formula is C21H24N4O. The normalized spacial score (nSPS) is 17.6. The zero-order chi connectivity index (χ0) is 17.8. The van der Waals surface area contributed by atoms with Crippen LogP contribution in [0.15, 0.2) is 54.6 Å². The number of rotatable bonds is 6. The SMILES string of the molecule is O=C(CCc1nc2ccccc2[nH]1)N[C@H]1CCN(Cc2ccccc2)C1. The Labute approximate surface area is 153 Å². The van der Waals surface area contributed by atoms with Crippen molar-refractivity contribution in [3.05, 3.63) is 66.0 Å². The molecule has 1 aliphatic heterocycles. The first-order valence-corrected chi connectivity index (χ1v) is 9.25. The molecule has 2 heterocycles. The minimum absolute atomic E-state index is 0.108. The van der Waals surface area contributed by atoms with Gasteiger partial charge in [-0.2, -0.15) is 0 Å². The van der Waals surface area contributed by atoms with E-state index >= 15 is 0 Å². The Kier molecular flexibility index (Phi) is 4.97. The summed E-state index contributed by atoms with van der Waals surface area (Å²) in [6.07, 6.45) is 2.12. The molecule has 4 rings (SSSR count). The second-order valence-corrected chi connectivity index (χ2v) is 6.97. The smallest absolute Gasteiger partial charge is 0.220 e. The number of hydrogen-bond acceptors (Lipinski definition) is 3. The Balaban J connectivity index is 1.23. The van der Waals surface area contributed by atoms with Crippen LogP contribution in [0, 0.1) is 0 Å². The molecule has 0 aliphatic carbocycles. The number of aromatic nitrogens is 2. The van der Waals surface area contributed by atoms with E-state index in [1.54, 1.807) is 0 Å². The van der Waals surface area contributed by atoms with E-state index in [2.05, 4.69) is 44.5 Å². The molecule has 3 aromatic rings. The van der Waals surface area contributed by atoms with Crippen molar-refractivity contribution < 1.29 is 4.79 Å². The van der Waals surface area contributed by atoms with E-state index in [0.717, 1.165) is 42.9 Å². The summed E-state index contributed by atoms with van der Waals surface area (Å²) in [5.41, 5.74) is 3.30. The van der Waals surface area contributed by atoms with E-state index in [0.29, 0.717) is 12.8 Å². The molecule has 5 nitrogen and oxygen atoms in total. The number of benzene rings is 2. The van der Waals surface area contributed by atoms with E-state index in [1.807, 2.05) is 30.3 Å². The van der Waals surface area contributed by atoms with Gasteiger partial charge in [0.2, 0.25) is 5.91 Å². The zero-order valence-electron chi connectivity index (χ0n) is 14.8. The molecule has 0 unspecified atom stereocenters. The molecule has 1 fully saturated rings. The quantitative estimate of drug-likeness (QED) is 0.720. The third kappa shape index (κ3) is 4.11. The highest BCUT2D eigenvalue weighted by molar-refractivity contribution is 5.77. The molecule has 0 saturated carbocycles. The standard InChI is InChI=1S/C21H24N4O/c26-21(11-10-20-23-18-8-4-5-9-19(18)24-20)22-17-12-13-25(15-17)14-16-6-2-1-3-7-16/h1-9,17H,10-15H2,(H,22,26)(H,23,24)/t17-/m0/s1. The van der Waals surface area contributed by atoms with Crippen LogP contribution >= 0.6 is 0 Å². The van der Waals surface area contributed by atoms with Crippen molar-refractivity contribution in [3.8, 4) is 0 Å². The molecule has 2 N–H and O–H groups in total. The van der Waals surface area contributed by atoms with Crippen LogP contribution in [-0.4, -0.2) is 39.9 Å². The fraction of sp³-hybridized carbons (Fsp3) is 0.333. The van der Waals surface area contributed by atoms with Gasteiger partial charge >= 0.3 is 0 Å². The van der Waals surface area contributed by atoms with Crippen molar-refractivity contribution in [2.75, 3.05) is 13.1 Å². The lowest BCUT2D eigenvalue weighted by molar-refractivity contribution is -0.121. The summed E-state index contributed by atoms with van der Waals surface area (Å²) < 4.78 is 0. The number of aromatic amines is 1. The summed E-state index contributed by atoms with van der Waals surface area (Å²) in [6.45, 7) is 2.90. The number of carbonyl (C=O) groups is 1. The first-order chi connectivity index (χ1) is 12.8. The number of para-hydroxylation sites is 2. The van der Waals surface area contributed by atoms with Gasteiger partial charge in [-0.25, -0.2) is 4.98 Å². The number of hydrogen-bond donors (Lipinski definition) is 2. The maximum Gasteiger partial charge on any atom is 0.220 e. The second kappa shape index (κ2) is 7.70. The molecule has 0 bridgehead atoms. The Morgan fingerprint density at radius 1 is 1.15 bits per heavy atom. The van der Waals surface area contributed by atoms with E-state index < -0.39 is 0 Å². The van der Waals surface area contributed by atoms with E-state index in [-0.39, 0.29) is 11.9 Å². The van der Waals surface area contributed by atoms with Crippen LogP contribution in [0.2, 0.25) is 0 Å². The molecule has 1 aliphatic rings. The monoisotopic (exact) mass is 348 g/mol. The summed E-state index contributed by atoms with van der Waals surface area (Å²) in [5, 5.41) is 3.18. The van der Waals surface area contributed by atoms with Gasteiger partial charge in [-0.05, 0) is 24.1 Å². The molecule has 134 valence electrons. The highest BCUT2D eigenvalue weighted by Crippen LogP contribution is 2.14. The van der Waals surface area contributed by atoms with E-state index in [1.165, 1.54) is 5.56 Å². The predicted molar refractivity (Wildman–Crippen MR) is 103 cm³/mol.